The predicted molar refractivity (Wildman–Crippen MR) is 187 cm³/mol. The van der Waals surface area contributed by atoms with Crippen molar-refractivity contribution in [2.75, 3.05) is 13.2 Å². The molecule has 2 N–H and O–H groups in total. The van der Waals surface area contributed by atoms with Gasteiger partial charge in [-0.25, -0.2) is 9.97 Å². The molecule has 0 spiro atoms. The third-order valence-electron chi connectivity index (χ3n) is 7.25. The molecule has 6 aromatic rings. The van der Waals surface area contributed by atoms with Crippen LogP contribution in [0.4, 0.5) is 0 Å². The van der Waals surface area contributed by atoms with E-state index in [4.69, 9.17) is 13.9 Å². The highest BCUT2D eigenvalue weighted by Gasteiger charge is 2.14. The second-order valence-electron chi connectivity index (χ2n) is 11.2. The number of hydrogen-bond acceptors (Lipinski definition) is 8. The molecule has 250 valence electrons. The Bertz CT molecular complexity index is 1980. The zero-order valence-electron chi connectivity index (χ0n) is 27.4. The summed E-state index contributed by atoms with van der Waals surface area (Å²) in [6.45, 7) is 4.81. The molecule has 0 saturated carbocycles. The van der Waals surface area contributed by atoms with Crippen LogP contribution >= 0.6 is 0 Å². The van der Waals surface area contributed by atoms with Gasteiger partial charge in [-0.1, -0.05) is 60.7 Å². The number of aromatic nitrogens is 3. The summed E-state index contributed by atoms with van der Waals surface area (Å²) in [6, 6.07) is 37.6. The zero-order chi connectivity index (χ0) is 34.4. The molecule has 0 bridgehead atoms. The van der Waals surface area contributed by atoms with Crippen molar-refractivity contribution in [3.8, 4) is 28.8 Å². The van der Waals surface area contributed by atoms with Crippen molar-refractivity contribution in [2.45, 2.75) is 33.4 Å². The van der Waals surface area contributed by atoms with Crippen LogP contribution in [0.5, 0.6) is 17.4 Å². The number of pyridine rings is 2. The molecule has 10 nitrogen and oxygen atoms in total. The average Bonchev–Trinajstić information content (AvgIpc) is 3.46. The summed E-state index contributed by atoms with van der Waals surface area (Å²) < 4.78 is 17.6. The fourth-order valence-electron chi connectivity index (χ4n) is 4.93. The topological polar surface area (TPSA) is 131 Å². The van der Waals surface area contributed by atoms with Crippen LogP contribution in [0.3, 0.4) is 0 Å². The van der Waals surface area contributed by atoms with E-state index in [0.29, 0.717) is 43.6 Å². The Morgan fingerprint density at radius 3 is 2.16 bits per heavy atom. The Labute approximate surface area is 284 Å². The van der Waals surface area contributed by atoms with Gasteiger partial charge < -0.3 is 24.0 Å². The summed E-state index contributed by atoms with van der Waals surface area (Å²) in [6.07, 6.45) is 0.573. The van der Waals surface area contributed by atoms with E-state index in [2.05, 4.69) is 15.0 Å². The lowest BCUT2D eigenvalue weighted by molar-refractivity contribution is -0.138. The minimum atomic E-state index is -0.903. The fraction of sp³-hybridized carbons (Fsp3) is 0.179. The lowest BCUT2D eigenvalue weighted by Gasteiger charge is -2.20. The van der Waals surface area contributed by atoms with Crippen molar-refractivity contribution in [1.82, 2.24) is 19.9 Å². The number of nitrogens with zero attached hydrogens (tertiary/aromatic N) is 3. The third-order valence-corrected chi connectivity index (χ3v) is 7.25. The van der Waals surface area contributed by atoms with Crippen LogP contribution in [0.25, 0.3) is 11.5 Å². The maximum Gasteiger partial charge on any atom is 0.317 e. The molecule has 0 aliphatic rings. The van der Waals surface area contributed by atoms with E-state index in [9.17, 15) is 14.7 Å². The van der Waals surface area contributed by atoms with Gasteiger partial charge in [0.1, 0.15) is 17.3 Å². The van der Waals surface area contributed by atoms with Crippen molar-refractivity contribution in [3.63, 3.8) is 0 Å². The number of ether oxygens (including phenoxy) is 2. The monoisotopic (exact) mass is 658 g/mol. The van der Waals surface area contributed by atoms with E-state index in [1.54, 1.807) is 12.1 Å². The van der Waals surface area contributed by atoms with E-state index in [1.807, 2.05) is 122 Å². The number of hydrogen-bond donors (Lipinski definition) is 2. The van der Waals surface area contributed by atoms with Gasteiger partial charge in [0.25, 0.3) is 0 Å². The smallest absolute Gasteiger partial charge is 0.317 e. The van der Waals surface area contributed by atoms with Gasteiger partial charge in [-0.3, -0.25) is 14.5 Å². The van der Waals surface area contributed by atoms with Crippen LogP contribution in [-0.2, 0) is 24.3 Å². The number of aromatic amines is 1. The maximum atomic E-state index is 11.6. The standard InChI is InChI=1S/C33H31N3O5.C6H7NO/c1-24-30(35-33(40-24)26-9-4-2-5-10-26)19-20-39-31-14-8-11-27(34-31)22-36(23-32(37)38)21-25-15-17-29(18-16-25)41-28-12-6-3-7-13-28;1-5-3-2-4-6(8)7-5/h2-18H,19-23H2,1H3,(H,37,38);2-4H,1H3,(H,7,8). The Balaban J connectivity index is 0.000000514. The maximum absolute atomic E-state index is 11.6. The first kappa shape index (κ1) is 34.3. The highest BCUT2D eigenvalue weighted by atomic mass is 16.5. The summed E-state index contributed by atoms with van der Waals surface area (Å²) in [7, 11) is 0. The third kappa shape index (κ3) is 11.0. The minimum absolute atomic E-state index is 0.0370. The van der Waals surface area contributed by atoms with Crippen molar-refractivity contribution in [2.24, 2.45) is 0 Å². The first-order chi connectivity index (χ1) is 23.8. The van der Waals surface area contributed by atoms with Gasteiger partial charge in [0, 0.05) is 42.9 Å². The van der Waals surface area contributed by atoms with Crippen molar-refractivity contribution in [1.29, 1.82) is 0 Å². The molecule has 0 atom stereocenters. The summed E-state index contributed by atoms with van der Waals surface area (Å²) in [5.74, 6) is 2.40. The lowest BCUT2D eigenvalue weighted by atomic mass is 10.2. The average molecular weight is 659 g/mol. The number of oxazole rings is 1. The number of aryl methyl sites for hydroxylation is 2. The molecular weight excluding hydrogens is 620 g/mol. The zero-order valence-corrected chi connectivity index (χ0v) is 27.4. The summed E-state index contributed by atoms with van der Waals surface area (Å²) in [4.78, 5) is 35.7. The Morgan fingerprint density at radius 2 is 1.49 bits per heavy atom. The van der Waals surface area contributed by atoms with Crippen LogP contribution < -0.4 is 15.0 Å². The van der Waals surface area contributed by atoms with Crippen LogP contribution in [0.2, 0.25) is 0 Å². The quantitative estimate of drug-likeness (QED) is 0.132. The summed E-state index contributed by atoms with van der Waals surface area (Å²) >= 11 is 0. The van der Waals surface area contributed by atoms with E-state index >= 15 is 0 Å². The molecule has 0 radical (unpaired) electrons. The molecule has 0 fully saturated rings. The Morgan fingerprint density at radius 1 is 0.796 bits per heavy atom. The van der Waals surface area contributed by atoms with E-state index in [0.717, 1.165) is 39.7 Å². The number of para-hydroxylation sites is 1. The largest absolute Gasteiger partial charge is 0.480 e. The molecule has 0 aliphatic heterocycles. The van der Waals surface area contributed by atoms with Crippen molar-refractivity contribution < 1.29 is 23.8 Å². The number of rotatable bonds is 13. The molecule has 3 heterocycles. The molecule has 0 amide bonds. The lowest BCUT2D eigenvalue weighted by Crippen LogP contribution is -2.29. The van der Waals surface area contributed by atoms with Gasteiger partial charge in [-0.2, -0.15) is 0 Å². The normalized spacial score (nSPS) is 10.7. The van der Waals surface area contributed by atoms with Crippen molar-refractivity contribution >= 4 is 5.97 Å². The van der Waals surface area contributed by atoms with Gasteiger partial charge in [-0.05, 0) is 67.9 Å². The van der Waals surface area contributed by atoms with Crippen molar-refractivity contribution in [3.05, 3.63) is 160 Å². The van der Waals surface area contributed by atoms with E-state index in [-0.39, 0.29) is 12.1 Å². The molecule has 49 heavy (non-hydrogen) atoms. The molecule has 3 aromatic heterocycles. The number of carboxylic acid groups (broad SMARTS) is 1. The Kier molecular flexibility index (Phi) is 12.1. The first-order valence-electron chi connectivity index (χ1n) is 15.8. The fourth-order valence-corrected chi connectivity index (χ4v) is 4.93. The number of carbonyl (C=O) groups is 1. The molecule has 0 unspecified atom stereocenters. The molecule has 0 saturated heterocycles. The number of carboxylic acids is 1. The van der Waals surface area contributed by atoms with Crippen LogP contribution in [0.1, 0.15) is 28.4 Å². The molecule has 0 aliphatic carbocycles. The number of H-pyrrole nitrogens is 1. The van der Waals surface area contributed by atoms with Gasteiger partial charge in [-0.15, -0.1) is 0 Å². The van der Waals surface area contributed by atoms with Crippen LogP contribution in [0.15, 0.2) is 131 Å². The number of nitrogens with one attached hydrogen (secondary N) is 1. The second kappa shape index (κ2) is 17.2. The number of benzene rings is 3. The Hall–Kier alpha value is -6.00. The molecular formula is C39H38N4O6. The highest BCUT2D eigenvalue weighted by molar-refractivity contribution is 5.69. The van der Waals surface area contributed by atoms with Gasteiger partial charge in [0.05, 0.1) is 24.5 Å². The SMILES string of the molecule is Cc1cccc(=O)[nH]1.Cc1oc(-c2ccccc2)nc1CCOc1cccc(CN(CC(=O)O)Cc2ccc(Oc3ccccc3)cc2)n1. The first-order valence-corrected chi connectivity index (χ1v) is 15.8. The molecule has 3 aromatic carbocycles. The van der Waals surface area contributed by atoms with Gasteiger partial charge in [0.15, 0.2) is 0 Å². The van der Waals surface area contributed by atoms with E-state index < -0.39 is 5.97 Å². The summed E-state index contributed by atoms with van der Waals surface area (Å²) in [5.41, 5.74) is 4.32. The molecule has 6 rings (SSSR count). The summed E-state index contributed by atoms with van der Waals surface area (Å²) in [5, 5.41) is 9.50. The van der Waals surface area contributed by atoms with Crippen LogP contribution in [-0.4, -0.2) is 44.1 Å². The van der Waals surface area contributed by atoms with Gasteiger partial charge in [0.2, 0.25) is 17.3 Å². The predicted octanol–water partition coefficient (Wildman–Crippen LogP) is 7.23. The second-order valence-corrected chi connectivity index (χ2v) is 11.2. The molecule has 10 heteroatoms. The highest BCUT2D eigenvalue weighted by Crippen LogP contribution is 2.23. The van der Waals surface area contributed by atoms with Crippen LogP contribution in [0, 0.1) is 13.8 Å². The number of aliphatic carboxylic acids is 1. The minimum Gasteiger partial charge on any atom is -0.480 e. The van der Waals surface area contributed by atoms with E-state index in [1.165, 1.54) is 6.07 Å². The van der Waals surface area contributed by atoms with Gasteiger partial charge >= 0.3 is 5.97 Å².